The molecule has 0 aliphatic carbocycles. The highest BCUT2D eigenvalue weighted by molar-refractivity contribution is 9.09. The zero-order valence-electron chi connectivity index (χ0n) is 9.91. The summed E-state index contributed by atoms with van der Waals surface area (Å²) < 4.78 is 6.19. The molecule has 1 heterocycles. The second-order valence-electron chi connectivity index (χ2n) is 3.30. The first-order chi connectivity index (χ1) is 8.04. The van der Waals surface area contributed by atoms with E-state index in [1.54, 1.807) is 6.92 Å². The van der Waals surface area contributed by atoms with Crippen molar-refractivity contribution >= 4 is 33.5 Å². The molecule has 0 spiro atoms. The molecule has 1 amide bonds. The third kappa shape index (κ3) is 2.85. The quantitative estimate of drug-likeness (QED) is 0.673. The maximum absolute atomic E-state index is 11.7. The molecule has 0 saturated heterocycles. The molecule has 0 aromatic carbocycles. The average molecular weight is 304 g/mol. The van der Waals surface area contributed by atoms with E-state index in [1.165, 1.54) is 11.8 Å². The van der Waals surface area contributed by atoms with Gasteiger partial charge in [-0.25, -0.2) is 4.79 Å². The molecule has 1 N–H and O–H groups in total. The van der Waals surface area contributed by atoms with Gasteiger partial charge in [-0.1, -0.05) is 15.9 Å². The van der Waals surface area contributed by atoms with Crippen molar-refractivity contribution in [1.82, 2.24) is 9.78 Å². The van der Waals surface area contributed by atoms with E-state index in [2.05, 4.69) is 31.1 Å². The van der Waals surface area contributed by atoms with Crippen molar-refractivity contribution < 1.29 is 14.3 Å². The summed E-state index contributed by atoms with van der Waals surface area (Å²) in [5, 5.41) is 6.96. The maximum atomic E-state index is 11.7. The normalized spacial score (nSPS) is 10.1. The molecule has 0 bridgehead atoms. The second-order valence-corrected chi connectivity index (χ2v) is 3.86. The van der Waals surface area contributed by atoms with Crippen LogP contribution >= 0.6 is 15.9 Å². The Hall–Kier alpha value is -1.37. The number of carbonyl (C=O) groups is 2. The lowest BCUT2D eigenvalue weighted by Crippen LogP contribution is -2.17. The Morgan fingerprint density at radius 1 is 1.53 bits per heavy atom. The highest BCUT2D eigenvalue weighted by Crippen LogP contribution is 2.21. The van der Waals surface area contributed by atoms with Gasteiger partial charge in [-0.3, -0.25) is 9.48 Å². The third-order valence-corrected chi connectivity index (χ3v) is 2.70. The summed E-state index contributed by atoms with van der Waals surface area (Å²) in [5.41, 5.74) is 1.26. The highest BCUT2D eigenvalue weighted by Gasteiger charge is 2.22. The molecule has 0 unspecified atom stereocenters. The summed E-state index contributed by atoms with van der Waals surface area (Å²) in [4.78, 5) is 23.0. The molecular weight excluding hydrogens is 290 g/mol. The van der Waals surface area contributed by atoms with Crippen molar-refractivity contribution in [2.45, 2.75) is 20.4 Å². The fraction of sp³-hybridized carbons (Fsp3) is 0.500. The van der Waals surface area contributed by atoms with Gasteiger partial charge < -0.3 is 10.1 Å². The van der Waals surface area contributed by atoms with Gasteiger partial charge in [0.05, 0.1) is 23.8 Å². The molecule has 0 atom stereocenters. The Balaban J connectivity index is 3.22. The fourth-order valence-corrected chi connectivity index (χ4v) is 1.58. The first-order valence-corrected chi connectivity index (χ1v) is 6.18. The first kappa shape index (κ1) is 13.7. The summed E-state index contributed by atoms with van der Waals surface area (Å²) in [6.07, 6.45) is 0. The van der Waals surface area contributed by atoms with Crippen LogP contribution in [0.2, 0.25) is 0 Å². The molecule has 0 saturated carbocycles. The lowest BCUT2D eigenvalue weighted by atomic mass is 10.3. The molecule has 0 aliphatic heterocycles. The van der Waals surface area contributed by atoms with E-state index in [0.29, 0.717) is 17.9 Å². The first-order valence-electron chi connectivity index (χ1n) is 5.06. The minimum absolute atomic E-state index is 0.157. The number of nitrogens with one attached hydrogen (secondary N) is 1. The minimum atomic E-state index is -0.516. The molecule has 0 radical (unpaired) electrons. The molecule has 0 aliphatic rings. The van der Waals surface area contributed by atoms with Crippen LogP contribution in [0.5, 0.6) is 0 Å². The Bertz CT molecular complexity index is 442. The SMILES string of the molecule is CCn1nc(C)c(NC(=O)CBr)c1C(=O)OC. The van der Waals surface area contributed by atoms with Gasteiger partial charge in [-0.15, -0.1) is 0 Å². The molecule has 6 nitrogen and oxygen atoms in total. The van der Waals surface area contributed by atoms with E-state index in [4.69, 9.17) is 0 Å². The third-order valence-electron chi connectivity index (χ3n) is 2.19. The number of ether oxygens (including phenoxy) is 1. The van der Waals surface area contributed by atoms with Gasteiger partial charge in [0.1, 0.15) is 0 Å². The largest absolute Gasteiger partial charge is 0.464 e. The lowest BCUT2D eigenvalue weighted by molar-refractivity contribution is -0.113. The van der Waals surface area contributed by atoms with E-state index in [0.717, 1.165) is 0 Å². The number of hydrogen-bond donors (Lipinski definition) is 1. The number of anilines is 1. The van der Waals surface area contributed by atoms with Crippen LogP contribution in [0.1, 0.15) is 23.1 Å². The van der Waals surface area contributed by atoms with E-state index in [-0.39, 0.29) is 16.9 Å². The Morgan fingerprint density at radius 2 is 2.18 bits per heavy atom. The number of amides is 1. The predicted octanol–water partition coefficient (Wildman–Crippen LogP) is 1.33. The number of aromatic nitrogens is 2. The van der Waals surface area contributed by atoms with Crippen LogP contribution in [-0.2, 0) is 16.1 Å². The minimum Gasteiger partial charge on any atom is -0.464 e. The molecular formula is C10H14BrN3O3. The van der Waals surface area contributed by atoms with E-state index < -0.39 is 5.97 Å². The van der Waals surface area contributed by atoms with Crippen LogP contribution in [0.4, 0.5) is 5.69 Å². The lowest BCUT2D eigenvalue weighted by Gasteiger charge is -2.06. The number of alkyl halides is 1. The zero-order valence-corrected chi connectivity index (χ0v) is 11.5. The van der Waals surface area contributed by atoms with Gasteiger partial charge in [-0.2, -0.15) is 5.10 Å². The van der Waals surface area contributed by atoms with Crippen molar-refractivity contribution in [2.24, 2.45) is 0 Å². The van der Waals surface area contributed by atoms with Crippen molar-refractivity contribution in [1.29, 1.82) is 0 Å². The van der Waals surface area contributed by atoms with Crippen LogP contribution in [0.15, 0.2) is 0 Å². The number of rotatable bonds is 4. The van der Waals surface area contributed by atoms with Gasteiger partial charge in [0.15, 0.2) is 5.69 Å². The highest BCUT2D eigenvalue weighted by atomic mass is 79.9. The van der Waals surface area contributed by atoms with Gasteiger partial charge in [0, 0.05) is 6.54 Å². The van der Waals surface area contributed by atoms with E-state index >= 15 is 0 Å². The number of esters is 1. The molecule has 94 valence electrons. The van der Waals surface area contributed by atoms with Gasteiger partial charge in [-0.05, 0) is 13.8 Å². The van der Waals surface area contributed by atoms with Crippen LogP contribution < -0.4 is 5.32 Å². The molecule has 17 heavy (non-hydrogen) atoms. The monoisotopic (exact) mass is 303 g/mol. The molecule has 1 rings (SSSR count). The summed E-state index contributed by atoms with van der Waals surface area (Å²) in [6.45, 7) is 4.10. The van der Waals surface area contributed by atoms with Crippen LogP contribution in [0.3, 0.4) is 0 Å². The number of halogens is 1. The topological polar surface area (TPSA) is 73.2 Å². The summed E-state index contributed by atoms with van der Waals surface area (Å²) >= 11 is 3.04. The van der Waals surface area contributed by atoms with Crippen LogP contribution in [-0.4, -0.2) is 34.1 Å². The number of methoxy groups -OCH3 is 1. The zero-order chi connectivity index (χ0) is 13.0. The summed E-state index contributed by atoms with van der Waals surface area (Å²) in [6, 6.07) is 0. The Morgan fingerprint density at radius 3 is 2.65 bits per heavy atom. The Kier molecular flexibility index (Phi) is 4.68. The molecule has 1 aromatic heterocycles. The van der Waals surface area contributed by atoms with Gasteiger partial charge >= 0.3 is 5.97 Å². The number of nitrogens with zero attached hydrogens (tertiary/aromatic N) is 2. The summed E-state index contributed by atoms with van der Waals surface area (Å²) in [5.74, 6) is -0.758. The standard InChI is InChI=1S/C10H14BrN3O3/c1-4-14-9(10(16)17-3)8(6(2)13-14)12-7(15)5-11/h4-5H2,1-3H3,(H,12,15). The van der Waals surface area contributed by atoms with Crippen LogP contribution in [0, 0.1) is 6.92 Å². The Labute approximate surface area is 107 Å². The molecule has 0 fully saturated rings. The second kappa shape index (κ2) is 5.81. The van der Waals surface area contributed by atoms with Crippen molar-refractivity contribution in [2.75, 3.05) is 17.8 Å². The number of carbonyl (C=O) groups excluding carboxylic acids is 2. The van der Waals surface area contributed by atoms with Crippen molar-refractivity contribution in [3.63, 3.8) is 0 Å². The average Bonchev–Trinajstić information content (AvgIpc) is 2.65. The van der Waals surface area contributed by atoms with Crippen molar-refractivity contribution in [3.8, 4) is 0 Å². The smallest absolute Gasteiger partial charge is 0.358 e. The predicted molar refractivity (Wildman–Crippen MR) is 66.4 cm³/mol. The van der Waals surface area contributed by atoms with E-state index in [9.17, 15) is 9.59 Å². The van der Waals surface area contributed by atoms with Gasteiger partial charge in [0.25, 0.3) is 0 Å². The fourth-order valence-electron chi connectivity index (χ4n) is 1.44. The number of hydrogen-bond acceptors (Lipinski definition) is 4. The van der Waals surface area contributed by atoms with Crippen LogP contribution in [0.25, 0.3) is 0 Å². The van der Waals surface area contributed by atoms with Crippen molar-refractivity contribution in [3.05, 3.63) is 11.4 Å². The number of aryl methyl sites for hydroxylation is 2. The summed E-state index contributed by atoms with van der Waals surface area (Å²) in [7, 11) is 1.29. The van der Waals surface area contributed by atoms with Gasteiger partial charge in [0.2, 0.25) is 5.91 Å². The molecule has 1 aromatic rings. The van der Waals surface area contributed by atoms with E-state index in [1.807, 2.05) is 6.92 Å². The molecule has 7 heteroatoms. The maximum Gasteiger partial charge on any atom is 0.358 e.